The number of ether oxygens (including phenoxy) is 1. The highest BCUT2D eigenvalue weighted by atomic mass is 16.5. The van der Waals surface area contributed by atoms with Crippen LogP contribution in [-0.2, 0) is 13.1 Å². The number of likely N-dealkylation sites (tertiary alicyclic amines) is 1. The molecule has 1 unspecified atom stereocenters. The highest BCUT2D eigenvalue weighted by Gasteiger charge is 2.16. The van der Waals surface area contributed by atoms with Crippen LogP contribution in [0.3, 0.4) is 0 Å². The zero-order valence-electron chi connectivity index (χ0n) is 11.5. The third kappa shape index (κ3) is 3.24. The first-order valence-electron chi connectivity index (χ1n) is 6.81. The molecule has 1 aromatic carbocycles. The summed E-state index contributed by atoms with van der Waals surface area (Å²) in [7, 11) is 1.69. The van der Waals surface area contributed by atoms with Crippen molar-refractivity contribution < 1.29 is 4.74 Å². The van der Waals surface area contributed by atoms with Gasteiger partial charge in [0.25, 0.3) is 0 Å². The van der Waals surface area contributed by atoms with Crippen molar-refractivity contribution in [3.8, 4) is 5.75 Å². The SMILES string of the molecule is COc1ccc(CN2CCCC(C)C2)cc1CN. The number of rotatable bonds is 4. The summed E-state index contributed by atoms with van der Waals surface area (Å²) in [6, 6.07) is 6.36. The molecule has 0 radical (unpaired) electrons. The quantitative estimate of drug-likeness (QED) is 0.889. The summed E-state index contributed by atoms with van der Waals surface area (Å²) in [6.45, 7) is 6.33. The second-order valence-electron chi connectivity index (χ2n) is 5.33. The summed E-state index contributed by atoms with van der Waals surface area (Å²) in [5.74, 6) is 1.72. The van der Waals surface area contributed by atoms with Crippen molar-refractivity contribution in [2.24, 2.45) is 11.7 Å². The van der Waals surface area contributed by atoms with Gasteiger partial charge in [-0.05, 0) is 43.0 Å². The van der Waals surface area contributed by atoms with Gasteiger partial charge in [-0.25, -0.2) is 0 Å². The van der Waals surface area contributed by atoms with Gasteiger partial charge in [-0.2, -0.15) is 0 Å². The molecule has 0 saturated carbocycles. The second kappa shape index (κ2) is 6.21. The number of benzene rings is 1. The highest BCUT2D eigenvalue weighted by molar-refractivity contribution is 5.37. The number of methoxy groups -OCH3 is 1. The van der Waals surface area contributed by atoms with E-state index in [1.807, 2.05) is 6.07 Å². The average molecular weight is 248 g/mol. The summed E-state index contributed by atoms with van der Waals surface area (Å²) >= 11 is 0. The van der Waals surface area contributed by atoms with Gasteiger partial charge in [-0.3, -0.25) is 4.90 Å². The van der Waals surface area contributed by atoms with Gasteiger partial charge >= 0.3 is 0 Å². The van der Waals surface area contributed by atoms with E-state index in [9.17, 15) is 0 Å². The van der Waals surface area contributed by atoms with E-state index in [1.165, 1.54) is 31.5 Å². The fourth-order valence-electron chi connectivity index (χ4n) is 2.78. The molecule has 0 aromatic heterocycles. The summed E-state index contributed by atoms with van der Waals surface area (Å²) in [6.07, 6.45) is 2.69. The van der Waals surface area contributed by atoms with Crippen LogP contribution in [0.5, 0.6) is 5.75 Å². The maximum absolute atomic E-state index is 5.76. The fourth-order valence-corrected chi connectivity index (χ4v) is 2.78. The lowest BCUT2D eigenvalue weighted by Gasteiger charge is -2.31. The van der Waals surface area contributed by atoms with Gasteiger partial charge in [-0.1, -0.05) is 13.0 Å². The van der Waals surface area contributed by atoms with E-state index in [2.05, 4.69) is 24.0 Å². The molecule has 1 saturated heterocycles. The van der Waals surface area contributed by atoms with E-state index in [1.54, 1.807) is 7.11 Å². The van der Waals surface area contributed by atoms with Gasteiger partial charge in [0.15, 0.2) is 0 Å². The molecule has 3 heteroatoms. The summed E-state index contributed by atoms with van der Waals surface area (Å²) < 4.78 is 5.30. The molecule has 1 aromatic rings. The third-order valence-electron chi connectivity index (χ3n) is 3.71. The Kier molecular flexibility index (Phi) is 4.61. The first kappa shape index (κ1) is 13.4. The number of piperidine rings is 1. The molecule has 1 atom stereocenters. The molecule has 1 aliphatic heterocycles. The van der Waals surface area contributed by atoms with Crippen LogP contribution in [0.2, 0.25) is 0 Å². The van der Waals surface area contributed by atoms with Gasteiger partial charge in [0.2, 0.25) is 0 Å². The first-order valence-corrected chi connectivity index (χ1v) is 6.81. The van der Waals surface area contributed by atoms with E-state index < -0.39 is 0 Å². The molecule has 0 spiro atoms. The average Bonchev–Trinajstić information content (AvgIpc) is 2.38. The summed E-state index contributed by atoms with van der Waals surface area (Å²) in [5, 5.41) is 0. The van der Waals surface area contributed by atoms with Crippen molar-refractivity contribution in [3.05, 3.63) is 29.3 Å². The van der Waals surface area contributed by atoms with Crippen LogP contribution in [-0.4, -0.2) is 25.1 Å². The van der Waals surface area contributed by atoms with Crippen LogP contribution in [0, 0.1) is 5.92 Å². The maximum Gasteiger partial charge on any atom is 0.123 e. The Balaban J connectivity index is 2.04. The van der Waals surface area contributed by atoms with Crippen molar-refractivity contribution in [1.82, 2.24) is 4.90 Å². The topological polar surface area (TPSA) is 38.5 Å². The predicted octanol–water partition coefficient (Wildman–Crippen LogP) is 2.39. The van der Waals surface area contributed by atoms with Gasteiger partial charge in [0.05, 0.1) is 7.11 Å². The molecule has 0 bridgehead atoms. The van der Waals surface area contributed by atoms with Crippen molar-refractivity contribution in [1.29, 1.82) is 0 Å². The summed E-state index contributed by atoms with van der Waals surface area (Å²) in [5.41, 5.74) is 8.19. The maximum atomic E-state index is 5.76. The largest absolute Gasteiger partial charge is 0.496 e. The van der Waals surface area contributed by atoms with Crippen LogP contribution in [0.4, 0.5) is 0 Å². The summed E-state index contributed by atoms with van der Waals surface area (Å²) in [4.78, 5) is 2.54. The number of hydrogen-bond acceptors (Lipinski definition) is 3. The molecular formula is C15H24N2O. The minimum Gasteiger partial charge on any atom is -0.496 e. The van der Waals surface area contributed by atoms with Crippen LogP contribution >= 0.6 is 0 Å². The number of nitrogens with two attached hydrogens (primary N) is 1. The van der Waals surface area contributed by atoms with Crippen molar-refractivity contribution in [2.45, 2.75) is 32.9 Å². The molecule has 2 rings (SSSR count). The first-order chi connectivity index (χ1) is 8.72. The Morgan fingerprint density at radius 1 is 1.44 bits per heavy atom. The molecular weight excluding hydrogens is 224 g/mol. The predicted molar refractivity (Wildman–Crippen MR) is 74.6 cm³/mol. The lowest BCUT2D eigenvalue weighted by atomic mass is 9.99. The normalized spacial score (nSPS) is 20.9. The standard InChI is InChI=1S/C15H24N2O/c1-12-4-3-7-17(10-12)11-13-5-6-15(18-2)14(8-13)9-16/h5-6,8,12H,3-4,7,9-11,16H2,1-2H3. The van der Waals surface area contributed by atoms with Crippen LogP contribution < -0.4 is 10.5 Å². The van der Waals surface area contributed by atoms with Gasteiger partial charge in [-0.15, -0.1) is 0 Å². The van der Waals surface area contributed by atoms with Crippen molar-refractivity contribution >= 4 is 0 Å². The van der Waals surface area contributed by atoms with E-state index in [0.29, 0.717) is 6.54 Å². The Morgan fingerprint density at radius 2 is 2.28 bits per heavy atom. The number of hydrogen-bond donors (Lipinski definition) is 1. The fraction of sp³-hybridized carbons (Fsp3) is 0.600. The van der Waals surface area contributed by atoms with Gasteiger partial charge < -0.3 is 10.5 Å². The minimum absolute atomic E-state index is 0.535. The second-order valence-corrected chi connectivity index (χ2v) is 5.33. The van der Waals surface area contributed by atoms with Crippen molar-refractivity contribution in [3.63, 3.8) is 0 Å². The molecule has 1 aliphatic rings. The van der Waals surface area contributed by atoms with Gasteiger partial charge in [0, 0.05) is 25.2 Å². The molecule has 2 N–H and O–H groups in total. The third-order valence-corrected chi connectivity index (χ3v) is 3.71. The lowest BCUT2D eigenvalue weighted by Crippen LogP contribution is -2.33. The smallest absolute Gasteiger partial charge is 0.123 e. The Morgan fingerprint density at radius 3 is 2.94 bits per heavy atom. The van der Waals surface area contributed by atoms with Crippen molar-refractivity contribution in [2.75, 3.05) is 20.2 Å². The van der Waals surface area contributed by atoms with Gasteiger partial charge in [0.1, 0.15) is 5.75 Å². The molecule has 0 aliphatic carbocycles. The van der Waals surface area contributed by atoms with Crippen LogP contribution in [0.15, 0.2) is 18.2 Å². The number of nitrogens with zero attached hydrogens (tertiary/aromatic N) is 1. The molecule has 100 valence electrons. The molecule has 18 heavy (non-hydrogen) atoms. The van der Waals surface area contributed by atoms with E-state index in [-0.39, 0.29) is 0 Å². The lowest BCUT2D eigenvalue weighted by molar-refractivity contribution is 0.176. The van der Waals surface area contributed by atoms with E-state index >= 15 is 0 Å². The van der Waals surface area contributed by atoms with Crippen LogP contribution in [0.25, 0.3) is 0 Å². The van der Waals surface area contributed by atoms with Crippen LogP contribution in [0.1, 0.15) is 30.9 Å². The highest BCUT2D eigenvalue weighted by Crippen LogP contribution is 2.22. The monoisotopic (exact) mass is 248 g/mol. The zero-order valence-corrected chi connectivity index (χ0v) is 11.5. The zero-order chi connectivity index (χ0) is 13.0. The Hall–Kier alpha value is -1.06. The molecule has 0 amide bonds. The molecule has 3 nitrogen and oxygen atoms in total. The minimum atomic E-state index is 0.535. The van der Waals surface area contributed by atoms with E-state index in [4.69, 9.17) is 10.5 Å². The molecule has 1 heterocycles. The van der Waals surface area contributed by atoms with E-state index in [0.717, 1.165) is 23.8 Å². The molecule has 1 fully saturated rings. The Bertz CT molecular complexity index is 392. The Labute approximate surface area is 110 Å².